The number of ether oxygens (including phenoxy) is 1. The molecule has 0 atom stereocenters. The molecule has 1 aromatic carbocycles. The average Bonchev–Trinajstić information content (AvgIpc) is 2.70. The quantitative estimate of drug-likeness (QED) is 0.915. The lowest BCUT2D eigenvalue weighted by Gasteiger charge is -2.05. The van der Waals surface area contributed by atoms with E-state index in [0.29, 0.717) is 6.61 Å². The second-order valence-electron chi connectivity index (χ2n) is 4.04. The third kappa shape index (κ3) is 3.15. The first-order chi connectivity index (χ1) is 8.70. The fourth-order valence-electron chi connectivity index (χ4n) is 1.74. The number of halogens is 1. The maximum atomic E-state index is 5.71. The molecule has 0 aliphatic heterocycles. The predicted molar refractivity (Wildman–Crippen MR) is 74.7 cm³/mol. The van der Waals surface area contributed by atoms with Gasteiger partial charge in [0.15, 0.2) is 0 Å². The number of nitrogens with one attached hydrogen (secondary N) is 1. The van der Waals surface area contributed by atoms with Crippen LogP contribution in [0.4, 0.5) is 0 Å². The van der Waals surface area contributed by atoms with E-state index in [0.717, 1.165) is 28.3 Å². The van der Waals surface area contributed by atoms with Crippen LogP contribution in [-0.4, -0.2) is 7.05 Å². The SMILES string of the molecule is CNCc1cc(COc2ccccc2Br)oc1C. The van der Waals surface area contributed by atoms with Crippen molar-refractivity contribution >= 4 is 15.9 Å². The summed E-state index contributed by atoms with van der Waals surface area (Å²) in [6.45, 7) is 3.21. The lowest BCUT2D eigenvalue weighted by molar-refractivity contribution is 0.266. The monoisotopic (exact) mass is 309 g/mol. The molecule has 0 spiro atoms. The second kappa shape index (κ2) is 6.07. The smallest absolute Gasteiger partial charge is 0.146 e. The summed E-state index contributed by atoms with van der Waals surface area (Å²) in [6, 6.07) is 9.81. The van der Waals surface area contributed by atoms with Crippen LogP contribution in [-0.2, 0) is 13.2 Å². The van der Waals surface area contributed by atoms with Gasteiger partial charge in [-0.3, -0.25) is 0 Å². The van der Waals surface area contributed by atoms with Gasteiger partial charge in [0.05, 0.1) is 4.47 Å². The van der Waals surface area contributed by atoms with Crippen LogP contribution in [0.5, 0.6) is 5.75 Å². The fourth-order valence-corrected chi connectivity index (χ4v) is 2.13. The highest BCUT2D eigenvalue weighted by Gasteiger charge is 2.08. The molecule has 96 valence electrons. The lowest BCUT2D eigenvalue weighted by atomic mass is 10.2. The van der Waals surface area contributed by atoms with Gasteiger partial charge >= 0.3 is 0 Å². The lowest BCUT2D eigenvalue weighted by Crippen LogP contribution is -2.04. The summed E-state index contributed by atoms with van der Waals surface area (Å²) < 4.78 is 12.3. The molecule has 2 aromatic rings. The van der Waals surface area contributed by atoms with Crippen molar-refractivity contribution < 1.29 is 9.15 Å². The highest BCUT2D eigenvalue weighted by Crippen LogP contribution is 2.25. The van der Waals surface area contributed by atoms with Crippen LogP contribution in [0.3, 0.4) is 0 Å². The molecule has 1 N–H and O–H groups in total. The zero-order valence-electron chi connectivity index (χ0n) is 10.5. The first-order valence-corrected chi connectivity index (χ1v) is 6.60. The Balaban J connectivity index is 2.02. The molecule has 0 saturated carbocycles. The van der Waals surface area contributed by atoms with Crippen LogP contribution in [0.2, 0.25) is 0 Å². The van der Waals surface area contributed by atoms with Crippen molar-refractivity contribution in [3.8, 4) is 5.75 Å². The minimum absolute atomic E-state index is 0.438. The van der Waals surface area contributed by atoms with E-state index >= 15 is 0 Å². The van der Waals surface area contributed by atoms with Crippen molar-refractivity contribution in [2.45, 2.75) is 20.1 Å². The Bertz CT molecular complexity index is 522. The maximum absolute atomic E-state index is 5.71. The summed E-state index contributed by atoms with van der Waals surface area (Å²) in [7, 11) is 1.92. The topological polar surface area (TPSA) is 34.4 Å². The van der Waals surface area contributed by atoms with Crippen LogP contribution < -0.4 is 10.1 Å². The number of rotatable bonds is 5. The second-order valence-corrected chi connectivity index (χ2v) is 4.90. The van der Waals surface area contributed by atoms with E-state index in [1.807, 2.05) is 44.3 Å². The summed E-state index contributed by atoms with van der Waals surface area (Å²) in [5, 5.41) is 3.11. The minimum Gasteiger partial charge on any atom is -0.484 e. The molecule has 18 heavy (non-hydrogen) atoms. The van der Waals surface area contributed by atoms with Crippen LogP contribution in [0.25, 0.3) is 0 Å². The summed E-state index contributed by atoms with van der Waals surface area (Å²) >= 11 is 3.45. The molecular weight excluding hydrogens is 294 g/mol. The first-order valence-electron chi connectivity index (χ1n) is 5.81. The van der Waals surface area contributed by atoms with E-state index in [9.17, 15) is 0 Å². The number of hydrogen-bond donors (Lipinski definition) is 1. The van der Waals surface area contributed by atoms with Crippen LogP contribution in [0.1, 0.15) is 17.1 Å². The molecule has 4 heteroatoms. The van der Waals surface area contributed by atoms with Crippen molar-refractivity contribution in [2.24, 2.45) is 0 Å². The molecule has 0 amide bonds. The van der Waals surface area contributed by atoms with Gasteiger partial charge in [-0.2, -0.15) is 0 Å². The third-order valence-corrected chi connectivity index (χ3v) is 3.30. The summed E-state index contributed by atoms with van der Waals surface area (Å²) in [6.07, 6.45) is 0. The predicted octanol–water partition coefficient (Wildman–Crippen LogP) is 3.65. The van der Waals surface area contributed by atoms with E-state index in [1.54, 1.807) is 0 Å². The zero-order chi connectivity index (χ0) is 13.0. The van der Waals surface area contributed by atoms with Gasteiger partial charge in [-0.25, -0.2) is 0 Å². The summed E-state index contributed by atoms with van der Waals surface area (Å²) in [5.74, 6) is 2.60. The highest BCUT2D eigenvalue weighted by atomic mass is 79.9. The standard InChI is InChI=1S/C14H16BrNO2/c1-10-11(8-16-2)7-12(18-10)9-17-14-6-4-3-5-13(14)15/h3-7,16H,8-9H2,1-2H3. The Kier molecular flexibility index (Phi) is 4.44. The third-order valence-electron chi connectivity index (χ3n) is 2.65. The number of furan rings is 1. The molecule has 0 unspecified atom stereocenters. The first kappa shape index (κ1) is 13.2. The van der Waals surface area contributed by atoms with E-state index in [1.165, 1.54) is 5.56 Å². The van der Waals surface area contributed by atoms with Crippen molar-refractivity contribution in [3.63, 3.8) is 0 Å². The van der Waals surface area contributed by atoms with Crippen LogP contribution in [0.15, 0.2) is 39.2 Å². The Morgan fingerprint density at radius 1 is 1.33 bits per heavy atom. The number of benzene rings is 1. The van der Waals surface area contributed by atoms with E-state index < -0.39 is 0 Å². The Morgan fingerprint density at radius 3 is 2.83 bits per heavy atom. The molecule has 1 heterocycles. The van der Waals surface area contributed by atoms with Crippen molar-refractivity contribution in [3.05, 3.63) is 51.9 Å². The molecule has 3 nitrogen and oxygen atoms in total. The van der Waals surface area contributed by atoms with E-state index in [-0.39, 0.29) is 0 Å². The normalized spacial score (nSPS) is 10.6. The van der Waals surface area contributed by atoms with Gasteiger partial charge in [-0.1, -0.05) is 12.1 Å². The Labute approximate surface area is 115 Å². The molecule has 0 fully saturated rings. The molecular formula is C14H16BrNO2. The van der Waals surface area contributed by atoms with Crippen LogP contribution in [0, 0.1) is 6.92 Å². The number of para-hydroxylation sites is 1. The fraction of sp³-hybridized carbons (Fsp3) is 0.286. The van der Waals surface area contributed by atoms with Crippen molar-refractivity contribution in [2.75, 3.05) is 7.05 Å². The number of hydrogen-bond acceptors (Lipinski definition) is 3. The molecule has 1 aromatic heterocycles. The van der Waals surface area contributed by atoms with Gasteiger partial charge in [-0.05, 0) is 48.1 Å². The zero-order valence-corrected chi connectivity index (χ0v) is 12.1. The largest absolute Gasteiger partial charge is 0.484 e. The molecule has 0 bridgehead atoms. The highest BCUT2D eigenvalue weighted by molar-refractivity contribution is 9.10. The van der Waals surface area contributed by atoms with Crippen LogP contribution >= 0.6 is 15.9 Å². The van der Waals surface area contributed by atoms with Gasteiger partial charge < -0.3 is 14.5 Å². The average molecular weight is 310 g/mol. The minimum atomic E-state index is 0.438. The molecule has 0 aliphatic carbocycles. The summed E-state index contributed by atoms with van der Waals surface area (Å²) in [4.78, 5) is 0. The molecule has 0 saturated heterocycles. The van der Waals surface area contributed by atoms with Gasteiger partial charge in [0.1, 0.15) is 23.9 Å². The Hall–Kier alpha value is -1.26. The number of aryl methyl sites for hydroxylation is 1. The van der Waals surface area contributed by atoms with Gasteiger partial charge in [0.25, 0.3) is 0 Å². The van der Waals surface area contributed by atoms with Crippen molar-refractivity contribution in [1.82, 2.24) is 5.32 Å². The molecule has 0 radical (unpaired) electrons. The molecule has 2 rings (SSSR count). The Morgan fingerprint density at radius 2 is 2.11 bits per heavy atom. The van der Waals surface area contributed by atoms with Gasteiger partial charge in [0, 0.05) is 12.1 Å². The van der Waals surface area contributed by atoms with Gasteiger partial charge in [-0.15, -0.1) is 0 Å². The maximum Gasteiger partial charge on any atom is 0.146 e. The van der Waals surface area contributed by atoms with E-state index in [4.69, 9.17) is 9.15 Å². The van der Waals surface area contributed by atoms with Gasteiger partial charge in [0.2, 0.25) is 0 Å². The molecule has 0 aliphatic rings. The van der Waals surface area contributed by atoms with E-state index in [2.05, 4.69) is 21.2 Å². The summed E-state index contributed by atoms with van der Waals surface area (Å²) in [5.41, 5.74) is 1.17. The van der Waals surface area contributed by atoms with Crippen molar-refractivity contribution in [1.29, 1.82) is 0 Å².